The Bertz CT molecular complexity index is 425. The molecule has 1 N–H and O–H groups in total. The van der Waals surface area contributed by atoms with Crippen molar-refractivity contribution in [2.24, 2.45) is 0 Å². The third-order valence-corrected chi connectivity index (χ3v) is 2.64. The Labute approximate surface area is 105 Å². The predicted molar refractivity (Wildman–Crippen MR) is 64.8 cm³/mol. The van der Waals surface area contributed by atoms with E-state index in [1.54, 1.807) is 0 Å². The van der Waals surface area contributed by atoms with E-state index >= 15 is 0 Å². The topological polar surface area (TPSA) is 72.2 Å². The van der Waals surface area contributed by atoms with Gasteiger partial charge in [-0.05, 0) is 22.0 Å². The van der Waals surface area contributed by atoms with Gasteiger partial charge in [0.05, 0.1) is 10.6 Å². The Morgan fingerprint density at radius 2 is 2.25 bits per heavy atom. The van der Waals surface area contributed by atoms with Crippen LogP contribution in [0.4, 0.5) is 11.4 Å². The van der Waals surface area contributed by atoms with Crippen molar-refractivity contribution in [2.45, 2.75) is 6.42 Å². The molecule has 0 heterocycles. The normalized spacial score (nSPS) is 9.88. The van der Waals surface area contributed by atoms with Crippen LogP contribution in [-0.4, -0.2) is 16.7 Å². The molecule has 0 bridgehead atoms. The number of rotatable bonds is 4. The quantitative estimate of drug-likeness (QED) is 0.528. The van der Waals surface area contributed by atoms with Crippen molar-refractivity contribution in [1.29, 1.82) is 0 Å². The first kappa shape index (κ1) is 12.9. The van der Waals surface area contributed by atoms with Gasteiger partial charge in [0.2, 0.25) is 5.91 Å². The number of nitrogens with one attached hydrogen (secondary N) is 1. The van der Waals surface area contributed by atoms with Crippen LogP contribution < -0.4 is 5.32 Å². The first-order chi connectivity index (χ1) is 7.54. The maximum Gasteiger partial charge on any atom is 0.271 e. The highest BCUT2D eigenvalue weighted by Crippen LogP contribution is 2.27. The van der Waals surface area contributed by atoms with Crippen LogP contribution in [-0.2, 0) is 4.79 Å². The second-order valence-electron chi connectivity index (χ2n) is 2.91. The van der Waals surface area contributed by atoms with Crippen molar-refractivity contribution in [3.8, 4) is 0 Å². The van der Waals surface area contributed by atoms with E-state index < -0.39 is 4.92 Å². The molecular formula is C9H8BrClN2O3. The molecule has 0 fully saturated rings. The Hall–Kier alpha value is -1.14. The maximum atomic E-state index is 11.3. The third-order valence-electron chi connectivity index (χ3n) is 1.76. The lowest BCUT2D eigenvalue weighted by atomic mass is 10.2. The van der Waals surface area contributed by atoms with Crippen molar-refractivity contribution >= 4 is 44.8 Å². The van der Waals surface area contributed by atoms with E-state index in [4.69, 9.17) is 11.6 Å². The van der Waals surface area contributed by atoms with E-state index in [1.165, 1.54) is 18.2 Å². The smallest absolute Gasteiger partial charge is 0.271 e. The van der Waals surface area contributed by atoms with Crippen LogP contribution in [0.1, 0.15) is 6.42 Å². The average molecular weight is 308 g/mol. The zero-order valence-electron chi connectivity index (χ0n) is 8.07. The van der Waals surface area contributed by atoms with Crippen LogP contribution in [0.15, 0.2) is 22.7 Å². The van der Waals surface area contributed by atoms with E-state index in [2.05, 4.69) is 21.2 Å². The molecular weight excluding hydrogens is 299 g/mol. The van der Waals surface area contributed by atoms with Crippen LogP contribution in [0.2, 0.25) is 0 Å². The number of nitrogens with zero attached hydrogens (tertiary/aromatic N) is 1. The Kier molecular flexibility index (Phi) is 4.70. The molecule has 0 saturated heterocycles. The number of hydrogen-bond acceptors (Lipinski definition) is 3. The molecule has 0 unspecified atom stereocenters. The highest BCUT2D eigenvalue weighted by Gasteiger charge is 2.11. The number of hydrogen-bond donors (Lipinski definition) is 1. The summed E-state index contributed by atoms with van der Waals surface area (Å²) in [5.74, 6) is -0.0746. The molecule has 16 heavy (non-hydrogen) atoms. The molecule has 7 heteroatoms. The summed E-state index contributed by atoms with van der Waals surface area (Å²) < 4.78 is 0.584. The molecule has 5 nitrogen and oxygen atoms in total. The number of alkyl halides is 1. The van der Waals surface area contributed by atoms with Crippen molar-refractivity contribution in [3.63, 3.8) is 0 Å². The number of halogens is 2. The monoisotopic (exact) mass is 306 g/mol. The highest BCUT2D eigenvalue weighted by molar-refractivity contribution is 9.10. The van der Waals surface area contributed by atoms with Gasteiger partial charge in [-0.25, -0.2) is 0 Å². The summed E-state index contributed by atoms with van der Waals surface area (Å²) in [7, 11) is 0. The number of carbonyl (C=O) groups excluding carboxylic acids is 1. The van der Waals surface area contributed by atoms with Crippen LogP contribution in [0, 0.1) is 10.1 Å². The van der Waals surface area contributed by atoms with Crippen molar-refractivity contribution in [3.05, 3.63) is 32.8 Å². The minimum Gasteiger partial charge on any atom is -0.325 e. The molecule has 1 rings (SSSR count). The van der Waals surface area contributed by atoms with E-state index in [1.807, 2.05) is 0 Å². The van der Waals surface area contributed by atoms with Crippen molar-refractivity contribution in [2.75, 3.05) is 11.2 Å². The summed E-state index contributed by atoms with van der Waals surface area (Å²) in [6, 6.07) is 4.14. The zero-order valence-corrected chi connectivity index (χ0v) is 10.4. The molecule has 0 aliphatic heterocycles. The molecule has 0 radical (unpaired) electrons. The maximum absolute atomic E-state index is 11.3. The summed E-state index contributed by atoms with van der Waals surface area (Å²) in [6.07, 6.45) is 0.163. The third kappa shape index (κ3) is 3.46. The zero-order chi connectivity index (χ0) is 12.1. The molecule has 86 valence electrons. The number of anilines is 1. The Balaban J connectivity index is 2.90. The van der Waals surface area contributed by atoms with Crippen LogP contribution in [0.5, 0.6) is 0 Å². The highest BCUT2D eigenvalue weighted by atomic mass is 79.9. The lowest BCUT2D eigenvalue weighted by Crippen LogP contribution is -2.12. The number of non-ortho nitro benzene ring substituents is 1. The number of nitro groups is 1. The van der Waals surface area contributed by atoms with Crippen LogP contribution in [0.3, 0.4) is 0 Å². The summed E-state index contributed by atoms with van der Waals surface area (Å²) in [6.45, 7) is 0. The van der Waals surface area contributed by atoms with Gasteiger partial charge in [-0.2, -0.15) is 0 Å². The summed E-state index contributed by atoms with van der Waals surface area (Å²) in [5.41, 5.74) is 0.286. The van der Waals surface area contributed by atoms with Gasteiger partial charge in [-0.1, -0.05) is 0 Å². The van der Waals surface area contributed by atoms with Gasteiger partial charge in [0.1, 0.15) is 0 Å². The SMILES string of the molecule is O=C(CCCl)Nc1cc([N+](=O)[O-])ccc1Br. The fourth-order valence-corrected chi connectivity index (χ4v) is 1.54. The van der Waals surface area contributed by atoms with E-state index in [0.29, 0.717) is 10.2 Å². The summed E-state index contributed by atoms with van der Waals surface area (Å²) in [5, 5.41) is 13.1. The fraction of sp³-hybridized carbons (Fsp3) is 0.222. The predicted octanol–water partition coefficient (Wildman–Crippen LogP) is 2.92. The van der Waals surface area contributed by atoms with E-state index in [-0.39, 0.29) is 23.9 Å². The van der Waals surface area contributed by atoms with Gasteiger partial charge >= 0.3 is 0 Å². The molecule has 0 aromatic heterocycles. The Morgan fingerprint density at radius 1 is 1.56 bits per heavy atom. The lowest BCUT2D eigenvalue weighted by Gasteiger charge is -2.05. The molecule has 1 amide bonds. The minimum absolute atomic E-state index is 0.0793. The fourth-order valence-electron chi connectivity index (χ4n) is 1.02. The lowest BCUT2D eigenvalue weighted by molar-refractivity contribution is -0.384. The summed E-state index contributed by atoms with van der Waals surface area (Å²) in [4.78, 5) is 21.3. The standard InChI is InChI=1S/C9H8BrClN2O3/c10-7-2-1-6(13(15)16)5-8(7)12-9(14)3-4-11/h1-2,5H,3-4H2,(H,12,14). The molecule has 1 aromatic carbocycles. The van der Waals surface area contributed by atoms with Gasteiger partial charge < -0.3 is 5.32 Å². The number of carbonyl (C=O) groups is 1. The van der Waals surface area contributed by atoms with Gasteiger partial charge in [0, 0.05) is 28.9 Å². The summed E-state index contributed by atoms with van der Waals surface area (Å²) >= 11 is 8.59. The van der Waals surface area contributed by atoms with Gasteiger partial charge in [0.25, 0.3) is 5.69 Å². The van der Waals surface area contributed by atoms with Crippen LogP contribution in [0.25, 0.3) is 0 Å². The molecule has 0 atom stereocenters. The van der Waals surface area contributed by atoms with Crippen molar-refractivity contribution < 1.29 is 9.72 Å². The average Bonchev–Trinajstić information content (AvgIpc) is 2.21. The molecule has 0 aliphatic rings. The number of benzene rings is 1. The van der Waals surface area contributed by atoms with Gasteiger partial charge in [-0.3, -0.25) is 14.9 Å². The van der Waals surface area contributed by atoms with Gasteiger partial charge in [-0.15, -0.1) is 11.6 Å². The second-order valence-corrected chi connectivity index (χ2v) is 4.14. The van der Waals surface area contributed by atoms with Crippen LogP contribution >= 0.6 is 27.5 Å². The molecule has 0 spiro atoms. The van der Waals surface area contributed by atoms with Gasteiger partial charge in [0.15, 0.2) is 0 Å². The van der Waals surface area contributed by atoms with Crippen molar-refractivity contribution in [1.82, 2.24) is 0 Å². The minimum atomic E-state index is -0.524. The second kappa shape index (κ2) is 5.81. The largest absolute Gasteiger partial charge is 0.325 e. The first-order valence-corrected chi connectivity index (χ1v) is 5.67. The van der Waals surface area contributed by atoms with E-state index in [9.17, 15) is 14.9 Å². The molecule has 1 aromatic rings. The number of amides is 1. The number of nitro benzene ring substituents is 1. The first-order valence-electron chi connectivity index (χ1n) is 4.34. The Morgan fingerprint density at radius 3 is 2.81 bits per heavy atom. The molecule has 0 aliphatic carbocycles. The van der Waals surface area contributed by atoms with E-state index in [0.717, 1.165) is 0 Å². The molecule has 0 saturated carbocycles.